The van der Waals surface area contributed by atoms with E-state index in [-0.39, 0.29) is 17.8 Å². The van der Waals surface area contributed by atoms with Gasteiger partial charge in [-0.1, -0.05) is 11.8 Å². The molecule has 0 aliphatic heterocycles. The second kappa shape index (κ2) is 4.99. The first-order valence-corrected chi connectivity index (χ1v) is 5.19. The van der Waals surface area contributed by atoms with E-state index in [4.69, 9.17) is 9.15 Å². The molecule has 0 fully saturated rings. The molecule has 1 heterocycles. The van der Waals surface area contributed by atoms with Gasteiger partial charge < -0.3 is 9.15 Å². The molecular weight excluding hydrogens is 204 g/mol. The molecule has 1 aromatic rings. The summed E-state index contributed by atoms with van der Waals surface area (Å²) >= 11 is 1.18. The van der Waals surface area contributed by atoms with Crippen LogP contribution in [0.4, 0.5) is 0 Å². The van der Waals surface area contributed by atoms with Crippen molar-refractivity contribution in [1.29, 1.82) is 0 Å². The van der Waals surface area contributed by atoms with Gasteiger partial charge in [-0.25, -0.2) is 0 Å². The summed E-state index contributed by atoms with van der Waals surface area (Å²) in [6.45, 7) is 5.31. The minimum atomic E-state index is -0.277. The second-order valence-electron chi connectivity index (χ2n) is 2.91. The average Bonchev–Trinajstić information content (AvgIpc) is 2.47. The van der Waals surface area contributed by atoms with Crippen LogP contribution in [0.1, 0.15) is 19.7 Å². The Labute approximate surface area is 86.2 Å². The van der Waals surface area contributed by atoms with Crippen LogP contribution in [-0.2, 0) is 9.53 Å². The van der Waals surface area contributed by atoms with Gasteiger partial charge in [0.05, 0.1) is 6.10 Å². The molecule has 0 aliphatic rings. The number of ether oxygens (including phenoxy) is 1. The number of thioether (sulfide) groups is 1. The van der Waals surface area contributed by atoms with Gasteiger partial charge >= 0.3 is 5.97 Å². The van der Waals surface area contributed by atoms with E-state index in [1.165, 1.54) is 11.8 Å². The van der Waals surface area contributed by atoms with Gasteiger partial charge in [-0.2, -0.15) is 0 Å². The fourth-order valence-electron chi connectivity index (χ4n) is 0.754. The molecule has 0 aliphatic carbocycles. The predicted molar refractivity (Wildman–Crippen MR) is 51.0 cm³/mol. The van der Waals surface area contributed by atoms with Crippen LogP contribution in [-0.4, -0.2) is 28.0 Å². The van der Waals surface area contributed by atoms with Crippen LogP contribution in [0.3, 0.4) is 0 Å². The molecular formula is C8H12N2O3S. The topological polar surface area (TPSA) is 65.2 Å². The van der Waals surface area contributed by atoms with Crippen LogP contribution in [0, 0.1) is 6.92 Å². The SMILES string of the molecule is Cc1nnc(SCC(=O)OC(C)C)o1. The van der Waals surface area contributed by atoms with Crippen molar-refractivity contribution in [3.05, 3.63) is 5.89 Å². The van der Waals surface area contributed by atoms with E-state index < -0.39 is 0 Å². The van der Waals surface area contributed by atoms with E-state index in [0.717, 1.165) is 0 Å². The Kier molecular flexibility index (Phi) is 3.94. The molecule has 14 heavy (non-hydrogen) atoms. The van der Waals surface area contributed by atoms with Crippen molar-refractivity contribution in [2.45, 2.75) is 32.1 Å². The number of nitrogens with zero attached hydrogens (tertiary/aromatic N) is 2. The molecule has 0 atom stereocenters. The first-order chi connectivity index (χ1) is 6.58. The fourth-order valence-corrected chi connectivity index (χ4v) is 1.34. The van der Waals surface area contributed by atoms with Gasteiger partial charge in [-0.05, 0) is 13.8 Å². The van der Waals surface area contributed by atoms with Crippen molar-refractivity contribution in [1.82, 2.24) is 10.2 Å². The van der Waals surface area contributed by atoms with Crippen molar-refractivity contribution < 1.29 is 13.9 Å². The smallest absolute Gasteiger partial charge is 0.316 e. The highest BCUT2D eigenvalue weighted by Crippen LogP contribution is 2.15. The van der Waals surface area contributed by atoms with Gasteiger partial charge in [0, 0.05) is 6.92 Å². The van der Waals surface area contributed by atoms with Gasteiger partial charge in [0.2, 0.25) is 5.89 Å². The molecule has 0 radical (unpaired) electrons. The third-order valence-electron chi connectivity index (χ3n) is 1.19. The number of aromatic nitrogens is 2. The van der Waals surface area contributed by atoms with E-state index >= 15 is 0 Å². The van der Waals surface area contributed by atoms with Crippen LogP contribution in [0.15, 0.2) is 9.64 Å². The standard InChI is InChI=1S/C8H12N2O3S/c1-5(2)12-7(11)4-14-8-10-9-6(3)13-8/h5H,4H2,1-3H3. The second-order valence-corrected chi connectivity index (χ2v) is 3.84. The van der Waals surface area contributed by atoms with E-state index in [2.05, 4.69) is 10.2 Å². The molecule has 1 aromatic heterocycles. The van der Waals surface area contributed by atoms with Gasteiger partial charge in [0.1, 0.15) is 5.75 Å². The summed E-state index contributed by atoms with van der Waals surface area (Å²) in [6.07, 6.45) is -0.0903. The summed E-state index contributed by atoms with van der Waals surface area (Å²) in [5, 5.41) is 7.76. The Morgan fingerprint density at radius 2 is 2.29 bits per heavy atom. The quantitative estimate of drug-likeness (QED) is 0.560. The summed E-state index contributed by atoms with van der Waals surface area (Å²) in [6, 6.07) is 0. The Morgan fingerprint density at radius 3 is 2.79 bits per heavy atom. The fraction of sp³-hybridized carbons (Fsp3) is 0.625. The lowest BCUT2D eigenvalue weighted by molar-refractivity contribution is -0.144. The maximum absolute atomic E-state index is 11.1. The highest BCUT2D eigenvalue weighted by molar-refractivity contribution is 7.99. The molecule has 0 N–H and O–H groups in total. The summed E-state index contributed by atoms with van der Waals surface area (Å²) in [5.41, 5.74) is 0. The Balaban J connectivity index is 2.30. The van der Waals surface area contributed by atoms with Crippen LogP contribution >= 0.6 is 11.8 Å². The zero-order chi connectivity index (χ0) is 10.6. The number of hydrogen-bond donors (Lipinski definition) is 0. The van der Waals surface area contributed by atoms with Crippen molar-refractivity contribution in [2.24, 2.45) is 0 Å². The minimum absolute atomic E-state index is 0.0903. The van der Waals surface area contributed by atoms with Crippen LogP contribution < -0.4 is 0 Å². The molecule has 0 amide bonds. The molecule has 1 rings (SSSR count). The first-order valence-electron chi connectivity index (χ1n) is 4.20. The minimum Gasteiger partial charge on any atom is -0.462 e. The highest BCUT2D eigenvalue weighted by Gasteiger charge is 2.09. The molecule has 0 spiro atoms. The van der Waals surface area contributed by atoms with E-state index in [1.54, 1.807) is 20.8 Å². The number of hydrogen-bond acceptors (Lipinski definition) is 6. The lowest BCUT2D eigenvalue weighted by Gasteiger charge is -2.05. The molecule has 0 bridgehead atoms. The third kappa shape index (κ3) is 3.78. The lowest BCUT2D eigenvalue weighted by atomic mass is 10.5. The van der Waals surface area contributed by atoms with Crippen molar-refractivity contribution in [2.75, 3.05) is 5.75 Å². The number of carbonyl (C=O) groups is 1. The number of rotatable bonds is 4. The summed E-state index contributed by atoms with van der Waals surface area (Å²) < 4.78 is 10.0. The monoisotopic (exact) mass is 216 g/mol. The largest absolute Gasteiger partial charge is 0.462 e. The molecule has 0 aromatic carbocycles. The molecule has 0 saturated carbocycles. The van der Waals surface area contributed by atoms with E-state index in [9.17, 15) is 4.79 Å². The molecule has 0 unspecified atom stereocenters. The first kappa shape index (κ1) is 11.0. The highest BCUT2D eigenvalue weighted by atomic mass is 32.2. The number of esters is 1. The Hall–Kier alpha value is -1.04. The predicted octanol–water partition coefficient (Wildman–Crippen LogP) is 1.42. The number of aryl methyl sites for hydroxylation is 1. The van der Waals surface area contributed by atoms with Gasteiger partial charge in [0.25, 0.3) is 5.22 Å². The van der Waals surface area contributed by atoms with Crippen molar-refractivity contribution in [3.63, 3.8) is 0 Å². The van der Waals surface area contributed by atoms with Crippen molar-refractivity contribution >= 4 is 17.7 Å². The zero-order valence-electron chi connectivity index (χ0n) is 8.31. The van der Waals surface area contributed by atoms with Gasteiger partial charge in [0.15, 0.2) is 0 Å². The van der Waals surface area contributed by atoms with Gasteiger partial charge in [-0.15, -0.1) is 10.2 Å². The summed E-state index contributed by atoms with van der Waals surface area (Å²) in [4.78, 5) is 11.1. The number of carbonyl (C=O) groups excluding carboxylic acids is 1. The van der Waals surface area contributed by atoms with Crippen LogP contribution in [0.25, 0.3) is 0 Å². The summed E-state index contributed by atoms with van der Waals surface area (Å²) in [5.74, 6) is 0.408. The van der Waals surface area contributed by atoms with E-state index in [0.29, 0.717) is 11.1 Å². The normalized spacial score (nSPS) is 10.6. The molecule has 6 heteroatoms. The average molecular weight is 216 g/mol. The maximum Gasteiger partial charge on any atom is 0.316 e. The molecule has 5 nitrogen and oxygen atoms in total. The molecule has 0 saturated heterocycles. The van der Waals surface area contributed by atoms with Crippen LogP contribution in [0.2, 0.25) is 0 Å². The van der Waals surface area contributed by atoms with Crippen molar-refractivity contribution in [3.8, 4) is 0 Å². The zero-order valence-corrected chi connectivity index (χ0v) is 9.13. The lowest BCUT2D eigenvalue weighted by Crippen LogP contribution is -2.13. The maximum atomic E-state index is 11.1. The summed E-state index contributed by atoms with van der Waals surface area (Å²) in [7, 11) is 0. The third-order valence-corrected chi connectivity index (χ3v) is 1.98. The van der Waals surface area contributed by atoms with E-state index in [1.807, 2.05) is 0 Å². The van der Waals surface area contributed by atoms with Gasteiger partial charge in [-0.3, -0.25) is 4.79 Å². The Morgan fingerprint density at radius 1 is 1.57 bits per heavy atom. The molecule has 78 valence electrons. The van der Waals surface area contributed by atoms with Crippen LogP contribution in [0.5, 0.6) is 0 Å². The Bertz CT molecular complexity index is 311.